The number of benzene rings is 2. The molecular weight excluding hydrogens is 519 g/mol. The van der Waals surface area contributed by atoms with Gasteiger partial charge in [0.05, 0.1) is 24.2 Å². The van der Waals surface area contributed by atoms with Crippen LogP contribution in [0.25, 0.3) is 0 Å². The monoisotopic (exact) mass is 537 g/mol. The van der Waals surface area contributed by atoms with Crippen molar-refractivity contribution in [2.75, 3.05) is 24.7 Å². The second-order valence-electron chi connectivity index (χ2n) is 6.59. The number of ether oxygens (including phenoxy) is 1. The highest BCUT2D eigenvalue weighted by Gasteiger charge is 2.31. The number of primary amides is 1. The molecule has 0 spiro atoms. The van der Waals surface area contributed by atoms with Crippen LogP contribution in [-0.2, 0) is 10.0 Å². The number of nitrogens with two attached hydrogens (primary N) is 1. The van der Waals surface area contributed by atoms with Crippen LogP contribution in [0.4, 0.5) is 20.2 Å². The van der Waals surface area contributed by atoms with Crippen LogP contribution in [0, 0.1) is 15.2 Å². The van der Waals surface area contributed by atoms with Crippen molar-refractivity contribution in [3.63, 3.8) is 0 Å². The van der Waals surface area contributed by atoms with E-state index in [-0.39, 0.29) is 35.8 Å². The summed E-state index contributed by atoms with van der Waals surface area (Å²) < 4.78 is 59.3. The molecule has 3 rings (SSSR count). The van der Waals surface area contributed by atoms with Gasteiger partial charge in [0, 0.05) is 16.2 Å². The van der Waals surface area contributed by atoms with Crippen LogP contribution in [0.1, 0.15) is 16.8 Å². The Bertz CT molecular complexity index is 1070. The molecule has 1 saturated heterocycles. The van der Waals surface area contributed by atoms with Gasteiger partial charge in [-0.1, -0.05) is 0 Å². The molecule has 1 aliphatic heterocycles. The first kappa shape index (κ1) is 21.7. The first-order valence-corrected chi connectivity index (χ1v) is 11.4. The molecule has 3 N–H and O–H groups in total. The molecule has 1 unspecified atom stereocenters. The second kappa shape index (κ2) is 8.40. The molecule has 29 heavy (non-hydrogen) atoms. The van der Waals surface area contributed by atoms with Gasteiger partial charge in [-0.05, 0) is 53.3 Å². The van der Waals surface area contributed by atoms with Gasteiger partial charge in [-0.3, -0.25) is 4.79 Å². The fraction of sp³-hybridized carbons (Fsp3) is 0.278. The fourth-order valence-electron chi connectivity index (χ4n) is 3.04. The van der Waals surface area contributed by atoms with Crippen LogP contribution in [-0.4, -0.2) is 44.1 Å². The lowest BCUT2D eigenvalue weighted by atomic mass is 10.1. The smallest absolute Gasteiger partial charge is 0.254 e. The minimum absolute atomic E-state index is 0.0357. The SMILES string of the molecule is CS(=O)(=O)N1CCC(Oc2cc(F)cc(Nc3ccc(I)cc3F)c2C(N)=O)C1. The summed E-state index contributed by atoms with van der Waals surface area (Å²) in [6, 6.07) is 6.39. The van der Waals surface area contributed by atoms with Crippen molar-refractivity contribution in [1.82, 2.24) is 4.31 Å². The van der Waals surface area contributed by atoms with E-state index in [1.165, 1.54) is 16.4 Å². The van der Waals surface area contributed by atoms with Gasteiger partial charge in [0.25, 0.3) is 5.91 Å². The Morgan fingerprint density at radius 2 is 2.00 bits per heavy atom. The molecule has 0 radical (unpaired) electrons. The number of sulfonamides is 1. The maximum atomic E-state index is 14.2. The van der Waals surface area contributed by atoms with Gasteiger partial charge in [0.1, 0.15) is 29.1 Å². The molecule has 7 nitrogen and oxygen atoms in total. The molecule has 11 heteroatoms. The molecule has 0 bridgehead atoms. The van der Waals surface area contributed by atoms with Gasteiger partial charge < -0.3 is 15.8 Å². The number of halogens is 3. The van der Waals surface area contributed by atoms with Crippen molar-refractivity contribution in [2.24, 2.45) is 5.73 Å². The van der Waals surface area contributed by atoms with Gasteiger partial charge in [-0.15, -0.1) is 0 Å². The lowest BCUT2D eigenvalue weighted by molar-refractivity contribution is 0.0994. The van der Waals surface area contributed by atoms with Crippen molar-refractivity contribution >= 4 is 49.9 Å². The molecular formula is C18H18F2IN3O4S. The number of amides is 1. The Morgan fingerprint density at radius 3 is 2.59 bits per heavy atom. The number of hydrogen-bond acceptors (Lipinski definition) is 5. The summed E-state index contributed by atoms with van der Waals surface area (Å²) >= 11 is 1.95. The molecule has 156 valence electrons. The average Bonchev–Trinajstić information content (AvgIpc) is 3.05. The highest BCUT2D eigenvalue weighted by molar-refractivity contribution is 14.1. The van der Waals surface area contributed by atoms with E-state index in [4.69, 9.17) is 10.5 Å². The van der Waals surface area contributed by atoms with Crippen molar-refractivity contribution < 1.29 is 26.7 Å². The number of nitrogens with zero attached hydrogens (tertiary/aromatic N) is 1. The predicted octanol–water partition coefficient (Wildman–Crippen LogP) is 2.82. The molecule has 1 aliphatic rings. The topological polar surface area (TPSA) is 102 Å². The van der Waals surface area contributed by atoms with Crippen LogP contribution in [0.5, 0.6) is 5.75 Å². The van der Waals surface area contributed by atoms with Crippen molar-refractivity contribution in [3.05, 3.63) is 51.1 Å². The van der Waals surface area contributed by atoms with Gasteiger partial charge >= 0.3 is 0 Å². The third-order valence-corrected chi connectivity index (χ3v) is 6.32. The van der Waals surface area contributed by atoms with Crippen molar-refractivity contribution in [3.8, 4) is 5.75 Å². The minimum atomic E-state index is -3.39. The van der Waals surface area contributed by atoms with Crippen molar-refractivity contribution in [2.45, 2.75) is 12.5 Å². The molecule has 0 aliphatic carbocycles. The third kappa shape index (κ3) is 5.14. The largest absolute Gasteiger partial charge is 0.488 e. The molecule has 2 aromatic carbocycles. The Hall–Kier alpha value is -1.99. The highest BCUT2D eigenvalue weighted by Crippen LogP contribution is 2.33. The standard InChI is InChI=1S/C18H18F2IN3O4S/c1-29(26,27)24-5-4-12(9-24)28-16-7-10(19)6-15(17(16)18(22)25)23-14-3-2-11(21)8-13(14)20/h2-3,6-8,12,23H,4-5,9H2,1H3,(H2,22,25). The number of rotatable bonds is 6. The van der Waals surface area contributed by atoms with Crippen LogP contribution >= 0.6 is 22.6 Å². The Balaban J connectivity index is 1.93. The zero-order chi connectivity index (χ0) is 21.3. The second-order valence-corrected chi connectivity index (χ2v) is 9.82. The van der Waals surface area contributed by atoms with Crippen LogP contribution in [0.2, 0.25) is 0 Å². The molecule has 2 aromatic rings. The van der Waals surface area contributed by atoms with Gasteiger partial charge in [0.2, 0.25) is 10.0 Å². The van der Waals surface area contributed by atoms with E-state index in [2.05, 4.69) is 5.32 Å². The number of hydrogen-bond donors (Lipinski definition) is 2. The Kier molecular flexibility index (Phi) is 6.29. The normalized spacial score (nSPS) is 17.3. The summed E-state index contributed by atoms with van der Waals surface area (Å²) in [6.45, 7) is 0.325. The quantitative estimate of drug-likeness (QED) is 0.553. The van der Waals surface area contributed by atoms with E-state index in [1.807, 2.05) is 22.6 Å². The van der Waals surface area contributed by atoms with E-state index in [0.29, 0.717) is 9.99 Å². The summed E-state index contributed by atoms with van der Waals surface area (Å²) in [4.78, 5) is 12.1. The van der Waals surface area contributed by atoms with Crippen LogP contribution in [0.15, 0.2) is 30.3 Å². The molecule has 1 atom stereocenters. The highest BCUT2D eigenvalue weighted by atomic mass is 127. The van der Waals surface area contributed by atoms with E-state index in [1.54, 1.807) is 6.07 Å². The van der Waals surface area contributed by atoms with Crippen LogP contribution in [0.3, 0.4) is 0 Å². The number of carbonyl (C=O) groups is 1. The maximum Gasteiger partial charge on any atom is 0.254 e. The summed E-state index contributed by atoms with van der Waals surface area (Å²) in [5.74, 6) is -2.34. The van der Waals surface area contributed by atoms with E-state index >= 15 is 0 Å². The molecule has 1 fully saturated rings. The third-order valence-electron chi connectivity index (χ3n) is 4.38. The zero-order valence-electron chi connectivity index (χ0n) is 15.3. The van der Waals surface area contributed by atoms with Gasteiger partial charge in [-0.2, -0.15) is 4.31 Å². The first-order chi connectivity index (χ1) is 13.5. The summed E-state index contributed by atoms with van der Waals surface area (Å²) in [7, 11) is -3.39. The lowest BCUT2D eigenvalue weighted by Crippen LogP contribution is -2.30. The summed E-state index contributed by atoms with van der Waals surface area (Å²) in [5.41, 5.74) is 5.30. The molecule has 1 heterocycles. The Labute approximate surface area is 180 Å². The Morgan fingerprint density at radius 1 is 1.28 bits per heavy atom. The summed E-state index contributed by atoms with van der Waals surface area (Å²) in [6.07, 6.45) is 0.882. The average molecular weight is 537 g/mol. The van der Waals surface area contributed by atoms with E-state index < -0.39 is 33.7 Å². The molecule has 0 saturated carbocycles. The summed E-state index contributed by atoms with van der Waals surface area (Å²) in [5, 5.41) is 2.68. The molecule has 0 aromatic heterocycles. The number of anilines is 2. The van der Waals surface area contributed by atoms with Gasteiger partial charge in [-0.25, -0.2) is 17.2 Å². The maximum absolute atomic E-state index is 14.2. The van der Waals surface area contributed by atoms with Crippen molar-refractivity contribution in [1.29, 1.82) is 0 Å². The zero-order valence-corrected chi connectivity index (χ0v) is 18.3. The van der Waals surface area contributed by atoms with E-state index in [9.17, 15) is 22.0 Å². The van der Waals surface area contributed by atoms with Crippen LogP contribution < -0.4 is 15.8 Å². The first-order valence-electron chi connectivity index (χ1n) is 8.52. The minimum Gasteiger partial charge on any atom is -0.488 e. The predicted molar refractivity (Wildman–Crippen MR) is 113 cm³/mol. The van der Waals surface area contributed by atoms with E-state index in [0.717, 1.165) is 18.4 Å². The fourth-order valence-corrected chi connectivity index (χ4v) is 4.37. The van der Waals surface area contributed by atoms with Gasteiger partial charge in [0.15, 0.2) is 0 Å². The molecule has 1 amide bonds. The number of nitrogens with one attached hydrogen (secondary N) is 1. The number of carbonyl (C=O) groups excluding carboxylic acids is 1. The lowest BCUT2D eigenvalue weighted by Gasteiger charge is -2.19.